The van der Waals surface area contributed by atoms with Gasteiger partial charge < -0.3 is 18.8 Å². The fourth-order valence-electron chi connectivity index (χ4n) is 5.72. The molecule has 1 aromatic heterocycles. The van der Waals surface area contributed by atoms with Gasteiger partial charge in [0.25, 0.3) is 5.79 Å². The van der Waals surface area contributed by atoms with Gasteiger partial charge in [-0.1, -0.05) is 121 Å². The van der Waals surface area contributed by atoms with Gasteiger partial charge in [0, 0.05) is 13.3 Å². The van der Waals surface area contributed by atoms with Gasteiger partial charge in [-0.25, -0.2) is 23.9 Å². The predicted molar refractivity (Wildman–Crippen MR) is 181 cm³/mol. The highest BCUT2D eigenvalue weighted by Crippen LogP contribution is 2.41. The van der Waals surface area contributed by atoms with Gasteiger partial charge in [-0.05, 0) is 43.0 Å². The summed E-state index contributed by atoms with van der Waals surface area (Å²) >= 11 is 0. The molecule has 0 spiro atoms. The summed E-state index contributed by atoms with van der Waals surface area (Å²) in [6.07, 6.45) is 1.61. The Kier molecular flexibility index (Phi) is 10.4. The van der Waals surface area contributed by atoms with E-state index in [0.717, 1.165) is 16.7 Å². The van der Waals surface area contributed by atoms with Gasteiger partial charge in [-0.15, -0.1) is 0 Å². The fraction of sp³-hybridized carbons (Fsp3) is 0.256. The number of alkyl halides is 1. The lowest BCUT2D eigenvalue weighted by molar-refractivity contribution is -0.179. The van der Waals surface area contributed by atoms with Crippen LogP contribution in [0.5, 0.6) is 0 Å². The largest absolute Gasteiger partial charge is 0.457 e. The molecule has 0 aliphatic carbocycles. The van der Waals surface area contributed by atoms with Crippen LogP contribution in [0, 0.1) is 0 Å². The number of nitrogens with zero attached hydrogens (tertiary/aromatic N) is 3. The van der Waals surface area contributed by atoms with Crippen molar-refractivity contribution in [1.82, 2.24) is 14.5 Å². The topological polar surface area (TPSA) is 82.9 Å². The van der Waals surface area contributed by atoms with E-state index in [1.165, 1.54) is 7.11 Å². The van der Waals surface area contributed by atoms with Crippen molar-refractivity contribution in [3.8, 4) is 0 Å². The molecule has 1 atom stereocenters. The van der Waals surface area contributed by atoms with Gasteiger partial charge in [0.1, 0.15) is 24.5 Å². The molecular weight excluding hydrogens is 609 g/mol. The van der Waals surface area contributed by atoms with Crippen LogP contribution < -0.4 is 0 Å². The highest BCUT2D eigenvalue weighted by Gasteiger charge is 2.51. The standard InChI is InChI=1S/C39H40FN3O5/c1-37(2,3)48-36(45)43(29-46-4)38(40,35(44)47-27-30-17-9-5-10-18-30)25-34-26-42(28-41-34)39(31-19-11-6-12-20-31,32-21-13-7-14-22-32)33-23-15-8-16-24-33/h5-24,26,28H,25,27,29H2,1-4H3/t38-/m0/s1. The predicted octanol–water partition coefficient (Wildman–Crippen LogP) is 7.52. The number of halogens is 1. The van der Waals surface area contributed by atoms with Crippen molar-refractivity contribution in [2.45, 2.75) is 50.7 Å². The third-order valence-electron chi connectivity index (χ3n) is 7.84. The van der Waals surface area contributed by atoms with E-state index in [4.69, 9.17) is 14.2 Å². The molecule has 48 heavy (non-hydrogen) atoms. The lowest BCUT2D eigenvalue weighted by Gasteiger charge is -2.37. The molecule has 0 saturated carbocycles. The van der Waals surface area contributed by atoms with Crippen LogP contribution in [0.3, 0.4) is 0 Å². The summed E-state index contributed by atoms with van der Waals surface area (Å²) in [5.41, 5.74) is 1.79. The van der Waals surface area contributed by atoms with Crippen LogP contribution in [0.2, 0.25) is 0 Å². The second kappa shape index (κ2) is 14.6. The number of methoxy groups -OCH3 is 1. The van der Waals surface area contributed by atoms with E-state index >= 15 is 4.39 Å². The summed E-state index contributed by atoms with van der Waals surface area (Å²) in [7, 11) is 1.30. The Morgan fingerprint density at radius 3 is 1.71 bits per heavy atom. The van der Waals surface area contributed by atoms with Crippen LogP contribution in [-0.2, 0) is 37.6 Å². The number of carbonyl (C=O) groups excluding carboxylic acids is 2. The molecule has 0 fully saturated rings. The minimum atomic E-state index is -3.04. The number of carbonyl (C=O) groups is 2. The van der Waals surface area contributed by atoms with Crippen LogP contribution in [0.1, 0.15) is 48.7 Å². The van der Waals surface area contributed by atoms with Crippen LogP contribution in [-0.4, -0.2) is 51.7 Å². The molecule has 0 aliphatic rings. The smallest absolute Gasteiger partial charge is 0.415 e. The van der Waals surface area contributed by atoms with Gasteiger partial charge in [-0.3, -0.25) is 0 Å². The van der Waals surface area contributed by atoms with Crippen molar-refractivity contribution in [3.63, 3.8) is 0 Å². The van der Waals surface area contributed by atoms with E-state index in [-0.39, 0.29) is 12.3 Å². The van der Waals surface area contributed by atoms with Gasteiger partial charge in [0.15, 0.2) is 0 Å². The van der Waals surface area contributed by atoms with E-state index in [2.05, 4.69) is 4.98 Å². The molecular formula is C39H40FN3O5. The molecule has 0 unspecified atom stereocenters. The molecule has 0 aliphatic heterocycles. The second-order valence-electron chi connectivity index (χ2n) is 12.4. The zero-order chi connectivity index (χ0) is 34.2. The summed E-state index contributed by atoms with van der Waals surface area (Å²) in [5.74, 6) is -4.31. The maximum atomic E-state index is 17.5. The number of ether oxygens (including phenoxy) is 3. The number of imidazole rings is 1. The average molecular weight is 650 g/mol. The third kappa shape index (κ3) is 7.31. The monoisotopic (exact) mass is 649 g/mol. The van der Waals surface area contributed by atoms with Crippen LogP contribution in [0.15, 0.2) is 134 Å². The maximum Gasteiger partial charge on any atom is 0.415 e. The molecule has 5 aromatic rings. The first-order valence-electron chi connectivity index (χ1n) is 15.7. The van der Waals surface area contributed by atoms with Crippen molar-refractivity contribution in [1.29, 1.82) is 0 Å². The molecule has 0 N–H and O–H groups in total. The second-order valence-corrected chi connectivity index (χ2v) is 12.4. The zero-order valence-electron chi connectivity index (χ0n) is 27.6. The SMILES string of the molecule is COCN(C(=O)OC(C)(C)C)[C@@](F)(Cc1cn(C(c2ccccc2)(c2ccccc2)c2ccccc2)cn1)C(=O)OCc1ccccc1. The molecule has 248 valence electrons. The number of aromatic nitrogens is 2. The summed E-state index contributed by atoms with van der Waals surface area (Å²) in [6.45, 7) is 4.19. The Labute approximate surface area is 280 Å². The Morgan fingerprint density at radius 1 is 0.771 bits per heavy atom. The lowest BCUT2D eigenvalue weighted by atomic mass is 9.77. The summed E-state index contributed by atoms with van der Waals surface area (Å²) in [6, 6.07) is 38.7. The van der Waals surface area contributed by atoms with Crippen molar-refractivity contribution in [2.24, 2.45) is 0 Å². The van der Waals surface area contributed by atoms with E-state index in [1.807, 2.05) is 102 Å². The van der Waals surface area contributed by atoms with Crippen molar-refractivity contribution in [3.05, 3.63) is 162 Å². The molecule has 5 rings (SSSR count). The number of hydrogen-bond acceptors (Lipinski definition) is 6. The summed E-state index contributed by atoms with van der Waals surface area (Å²) in [4.78, 5) is 32.4. The highest BCUT2D eigenvalue weighted by molar-refractivity contribution is 5.84. The van der Waals surface area contributed by atoms with Crippen LogP contribution in [0.4, 0.5) is 9.18 Å². The fourth-order valence-corrected chi connectivity index (χ4v) is 5.72. The molecule has 0 radical (unpaired) electrons. The minimum Gasteiger partial charge on any atom is -0.457 e. The maximum absolute atomic E-state index is 17.5. The molecule has 9 heteroatoms. The quantitative estimate of drug-likeness (QED) is 0.0602. The Hall–Kier alpha value is -5.28. The lowest BCUT2D eigenvalue weighted by Crippen LogP contribution is -2.57. The first-order valence-corrected chi connectivity index (χ1v) is 15.7. The number of rotatable bonds is 12. The first kappa shape index (κ1) is 34.1. The number of benzene rings is 4. The number of amides is 1. The molecule has 4 aromatic carbocycles. The van der Waals surface area contributed by atoms with Gasteiger partial charge in [0.05, 0.1) is 18.4 Å². The van der Waals surface area contributed by atoms with Crippen molar-refractivity contribution < 1.29 is 28.2 Å². The minimum absolute atomic E-state index is 0.200. The zero-order valence-corrected chi connectivity index (χ0v) is 27.6. The summed E-state index contributed by atoms with van der Waals surface area (Å²) < 4.78 is 35.7. The number of esters is 1. The van der Waals surface area contributed by atoms with E-state index in [9.17, 15) is 9.59 Å². The van der Waals surface area contributed by atoms with E-state index < -0.39 is 42.1 Å². The molecule has 1 amide bonds. The normalized spacial score (nSPS) is 12.9. The molecule has 0 bridgehead atoms. The Bertz CT molecular complexity index is 1680. The number of hydrogen-bond donors (Lipinski definition) is 0. The Morgan fingerprint density at radius 2 is 1.25 bits per heavy atom. The third-order valence-corrected chi connectivity index (χ3v) is 7.84. The average Bonchev–Trinajstić information content (AvgIpc) is 3.55. The molecule has 8 nitrogen and oxygen atoms in total. The summed E-state index contributed by atoms with van der Waals surface area (Å²) in [5, 5.41) is 0. The van der Waals surface area contributed by atoms with Gasteiger partial charge >= 0.3 is 12.1 Å². The highest BCUT2D eigenvalue weighted by atomic mass is 19.1. The van der Waals surface area contributed by atoms with Crippen LogP contribution >= 0.6 is 0 Å². The van der Waals surface area contributed by atoms with E-state index in [0.29, 0.717) is 10.5 Å². The van der Waals surface area contributed by atoms with Gasteiger partial charge in [-0.2, -0.15) is 0 Å². The van der Waals surface area contributed by atoms with Crippen molar-refractivity contribution in [2.75, 3.05) is 13.8 Å². The van der Waals surface area contributed by atoms with Crippen LogP contribution in [0.25, 0.3) is 0 Å². The Balaban J connectivity index is 1.62. The van der Waals surface area contributed by atoms with Crippen molar-refractivity contribution >= 4 is 12.1 Å². The van der Waals surface area contributed by atoms with Gasteiger partial charge in [0.2, 0.25) is 0 Å². The first-order chi connectivity index (χ1) is 23.1. The molecule has 1 heterocycles. The molecule has 0 saturated heterocycles. The van der Waals surface area contributed by atoms with E-state index in [1.54, 1.807) is 57.6 Å².